The Morgan fingerprint density at radius 2 is 1.75 bits per heavy atom. The van der Waals surface area contributed by atoms with E-state index in [1.807, 2.05) is 17.6 Å². The van der Waals surface area contributed by atoms with Crippen molar-refractivity contribution in [3.05, 3.63) is 95.1 Å². The van der Waals surface area contributed by atoms with Crippen molar-refractivity contribution in [2.75, 3.05) is 6.54 Å². The van der Waals surface area contributed by atoms with Gasteiger partial charge in [-0.15, -0.1) is 0 Å². The van der Waals surface area contributed by atoms with E-state index in [1.165, 1.54) is 17.7 Å². The molecule has 4 rings (SSSR count). The van der Waals surface area contributed by atoms with E-state index in [2.05, 4.69) is 29.6 Å². The first-order valence-electron chi connectivity index (χ1n) is 9.25. The van der Waals surface area contributed by atoms with E-state index in [0.717, 1.165) is 16.6 Å². The molecule has 2 aromatic carbocycles. The SMILES string of the molecule is Cc1ccc(Cn2c(C(=O)NCCc3ccc(F)cc3)cc3occc32)cc1. The Morgan fingerprint density at radius 1 is 1.04 bits per heavy atom. The van der Waals surface area contributed by atoms with Crippen LogP contribution < -0.4 is 5.32 Å². The van der Waals surface area contributed by atoms with Crippen molar-refractivity contribution in [2.45, 2.75) is 19.9 Å². The van der Waals surface area contributed by atoms with Crippen molar-refractivity contribution in [2.24, 2.45) is 0 Å². The van der Waals surface area contributed by atoms with Gasteiger partial charge < -0.3 is 14.3 Å². The molecule has 4 aromatic rings. The van der Waals surface area contributed by atoms with E-state index in [-0.39, 0.29) is 11.7 Å². The summed E-state index contributed by atoms with van der Waals surface area (Å²) in [7, 11) is 0. The van der Waals surface area contributed by atoms with Crippen LogP contribution in [0.1, 0.15) is 27.2 Å². The first-order valence-corrected chi connectivity index (χ1v) is 9.25. The van der Waals surface area contributed by atoms with Gasteiger partial charge in [-0.3, -0.25) is 4.79 Å². The standard InChI is InChI=1S/C23H21FN2O2/c1-16-2-4-18(5-3-16)15-26-20-11-13-28-22(20)14-21(26)23(27)25-12-10-17-6-8-19(24)9-7-17/h2-9,11,13-14H,10,12,15H2,1H3,(H,25,27). The van der Waals surface area contributed by atoms with Crippen LogP contribution in [0.2, 0.25) is 0 Å². The van der Waals surface area contributed by atoms with Gasteiger partial charge in [-0.1, -0.05) is 42.0 Å². The summed E-state index contributed by atoms with van der Waals surface area (Å²) < 4.78 is 20.5. The van der Waals surface area contributed by atoms with E-state index in [4.69, 9.17) is 4.42 Å². The zero-order chi connectivity index (χ0) is 19.5. The lowest BCUT2D eigenvalue weighted by atomic mass is 10.1. The molecule has 0 spiro atoms. The normalized spacial score (nSPS) is 11.1. The van der Waals surface area contributed by atoms with Gasteiger partial charge in [-0.05, 0) is 36.6 Å². The lowest BCUT2D eigenvalue weighted by Crippen LogP contribution is -2.28. The molecule has 0 unspecified atom stereocenters. The molecule has 0 aliphatic rings. The predicted molar refractivity (Wildman–Crippen MR) is 107 cm³/mol. The number of nitrogens with one attached hydrogen (secondary N) is 1. The fourth-order valence-corrected chi connectivity index (χ4v) is 3.27. The summed E-state index contributed by atoms with van der Waals surface area (Å²) in [6.07, 6.45) is 2.27. The van der Waals surface area contributed by atoms with Gasteiger partial charge in [0, 0.05) is 25.2 Å². The van der Waals surface area contributed by atoms with E-state index >= 15 is 0 Å². The molecule has 142 valence electrons. The fraction of sp³-hybridized carbons (Fsp3) is 0.174. The van der Waals surface area contributed by atoms with Crippen LogP contribution in [-0.4, -0.2) is 17.0 Å². The Bertz CT molecular complexity index is 1090. The van der Waals surface area contributed by atoms with Crippen LogP contribution in [0.4, 0.5) is 4.39 Å². The lowest BCUT2D eigenvalue weighted by Gasteiger charge is -2.11. The van der Waals surface area contributed by atoms with E-state index in [1.54, 1.807) is 24.5 Å². The van der Waals surface area contributed by atoms with E-state index in [0.29, 0.717) is 30.8 Å². The molecule has 5 heteroatoms. The highest BCUT2D eigenvalue weighted by molar-refractivity contribution is 5.97. The minimum atomic E-state index is -0.260. The minimum absolute atomic E-state index is 0.152. The van der Waals surface area contributed by atoms with Gasteiger partial charge in [0.2, 0.25) is 0 Å². The molecule has 0 bridgehead atoms. The van der Waals surface area contributed by atoms with Gasteiger partial charge in [0.1, 0.15) is 11.5 Å². The number of furan rings is 1. The summed E-state index contributed by atoms with van der Waals surface area (Å²) in [6.45, 7) is 3.11. The number of aryl methyl sites for hydroxylation is 1. The number of fused-ring (bicyclic) bond motifs is 1. The number of carbonyl (C=O) groups excluding carboxylic acids is 1. The minimum Gasteiger partial charge on any atom is -0.463 e. The molecule has 0 aliphatic carbocycles. The number of benzene rings is 2. The summed E-state index contributed by atoms with van der Waals surface area (Å²) in [5.41, 5.74) is 5.44. The number of hydrogen-bond donors (Lipinski definition) is 1. The average Bonchev–Trinajstić information content (AvgIpc) is 3.28. The zero-order valence-corrected chi connectivity index (χ0v) is 15.6. The number of halogens is 1. The van der Waals surface area contributed by atoms with Crippen molar-refractivity contribution in [1.29, 1.82) is 0 Å². The lowest BCUT2D eigenvalue weighted by molar-refractivity contribution is 0.0945. The number of nitrogens with zero attached hydrogens (tertiary/aromatic N) is 1. The highest BCUT2D eigenvalue weighted by Gasteiger charge is 2.17. The summed E-state index contributed by atoms with van der Waals surface area (Å²) in [5.74, 6) is -0.412. The molecule has 4 nitrogen and oxygen atoms in total. The first-order chi connectivity index (χ1) is 13.6. The smallest absolute Gasteiger partial charge is 0.268 e. The average molecular weight is 376 g/mol. The number of aromatic nitrogens is 1. The molecule has 1 amide bonds. The van der Waals surface area contributed by atoms with E-state index < -0.39 is 0 Å². The van der Waals surface area contributed by atoms with Crippen molar-refractivity contribution in [3.63, 3.8) is 0 Å². The van der Waals surface area contributed by atoms with E-state index in [9.17, 15) is 9.18 Å². The zero-order valence-electron chi connectivity index (χ0n) is 15.6. The molecule has 0 saturated heterocycles. The summed E-state index contributed by atoms with van der Waals surface area (Å²) in [6, 6.07) is 18.2. The third-order valence-corrected chi connectivity index (χ3v) is 4.83. The Morgan fingerprint density at radius 3 is 2.50 bits per heavy atom. The second kappa shape index (κ2) is 7.72. The maximum absolute atomic E-state index is 13.0. The number of rotatable bonds is 6. The maximum Gasteiger partial charge on any atom is 0.268 e. The Balaban J connectivity index is 1.50. The van der Waals surface area contributed by atoms with Gasteiger partial charge in [0.15, 0.2) is 5.58 Å². The molecule has 2 heterocycles. The number of hydrogen-bond acceptors (Lipinski definition) is 2. The molecule has 0 fully saturated rings. The molecule has 2 aromatic heterocycles. The molecule has 0 aliphatic heterocycles. The van der Waals surface area contributed by atoms with Crippen molar-refractivity contribution >= 4 is 17.0 Å². The summed E-state index contributed by atoms with van der Waals surface area (Å²) in [4.78, 5) is 12.8. The van der Waals surface area contributed by atoms with Crippen molar-refractivity contribution in [1.82, 2.24) is 9.88 Å². The molecule has 0 radical (unpaired) electrons. The molecule has 0 saturated carbocycles. The Hall–Kier alpha value is -3.34. The summed E-state index contributed by atoms with van der Waals surface area (Å²) in [5, 5.41) is 2.95. The molecular weight excluding hydrogens is 355 g/mol. The van der Waals surface area contributed by atoms with Crippen LogP contribution in [0.3, 0.4) is 0 Å². The highest BCUT2D eigenvalue weighted by atomic mass is 19.1. The van der Waals surface area contributed by atoms with Gasteiger partial charge in [0.25, 0.3) is 5.91 Å². The van der Waals surface area contributed by atoms with Gasteiger partial charge >= 0.3 is 0 Å². The maximum atomic E-state index is 13.0. The van der Waals surface area contributed by atoms with Crippen LogP contribution in [0.25, 0.3) is 11.1 Å². The second-order valence-corrected chi connectivity index (χ2v) is 6.90. The number of amides is 1. The third-order valence-electron chi connectivity index (χ3n) is 4.83. The van der Waals surface area contributed by atoms with Crippen molar-refractivity contribution in [3.8, 4) is 0 Å². The summed E-state index contributed by atoms with van der Waals surface area (Å²) >= 11 is 0. The molecule has 1 N–H and O–H groups in total. The van der Waals surface area contributed by atoms with Gasteiger partial charge in [-0.2, -0.15) is 0 Å². The molecular formula is C23H21FN2O2. The highest BCUT2D eigenvalue weighted by Crippen LogP contribution is 2.22. The van der Waals surface area contributed by atoms with Crippen LogP contribution in [-0.2, 0) is 13.0 Å². The first kappa shape index (κ1) is 18.0. The molecule has 0 atom stereocenters. The van der Waals surface area contributed by atoms with Gasteiger partial charge in [-0.25, -0.2) is 4.39 Å². The third kappa shape index (κ3) is 3.83. The van der Waals surface area contributed by atoms with Crippen LogP contribution in [0, 0.1) is 12.7 Å². The quantitative estimate of drug-likeness (QED) is 0.530. The largest absolute Gasteiger partial charge is 0.463 e. The predicted octanol–water partition coefficient (Wildman–Crippen LogP) is 4.70. The Labute approximate surface area is 162 Å². The monoisotopic (exact) mass is 376 g/mol. The fourth-order valence-electron chi connectivity index (χ4n) is 3.27. The van der Waals surface area contributed by atoms with Gasteiger partial charge in [0.05, 0.1) is 11.8 Å². The Kier molecular flexibility index (Phi) is 4.98. The second-order valence-electron chi connectivity index (χ2n) is 6.90. The van der Waals surface area contributed by atoms with Crippen LogP contribution in [0.5, 0.6) is 0 Å². The van der Waals surface area contributed by atoms with Crippen LogP contribution in [0.15, 0.2) is 71.3 Å². The topological polar surface area (TPSA) is 47.2 Å². The molecule has 28 heavy (non-hydrogen) atoms. The van der Waals surface area contributed by atoms with Crippen LogP contribution >= 0.6 is 0 Å². The van der Waals surface area contributed by atoms with Crippen molar-refractivity contribution < 1.29 is 13.6 Å². The number of carbonyl (C=O) groups is 1.